The topological polar surface area (TPSA) is 58.3 Å². The molecule has 1 atom stereocenters. The van der Waals surface area contributed by atoms with Gasteiger partial charge in [-0.15, -0.1) is 12.4 Å². The average Bonchev–Trinajstić information content (AvgIpc) is 2.27. The van der Waals surface area contributed by atoms with E-state index in [2.05, 4.69) is 36.6 Å². The molecule has 0 aliphatic heterocycles. The number of aliphatic hydroxyl groups is 1. The van der Waals surface area contributed by atoms with Gasteiger partial charge in [0.25, 0.3) is 0 Å². The van der Waals surface area contributed by atoms with Crippen LogP contribution in [-0.2, 0) is 6.42 Å². The van der Waals surface area contributed by atoms with Crippen LogP contribution >= 0.6 is 12.4 Å². The Hall–Kier alpha value is -0.610. The van der Waals surface area contributed by atoms with Crippen LogP contribution in [0.15, 0.2) is 24.3 Å². The first-order chi connectivity index (χ1) is 8.28. The molecule has 1 rings (SSSR count). The molecular formula is C15H27ClN2O. The van der Waals surface area contributed by atoms with Crippen molar-refractivity contribution in [2.45, 2.75) is 46.1 Å². The Labute approximate surface area is 123 Å². The van der Waals surface area contributed by atoms with Crippen molar-refractivity contribution in [3.05, 3.63) is 35.4 Å². The Kier molecular flexibility index (Phi) is 7.01. The lowest BCUT2D eigenvalue weighted by Gasteiger charge is -2.40. The minimum absolute atomic E-state index is 0. The first kappa shape index (κ1) is 18.4. The van der Waals surface area contributed by atoms with E-state index >= 15 is 0 Å². The van der Waals surface area contributed by atoms with Gasteiger partial charge in [-0.2, -0.15) is 0 Å². The van der Waals surface area contributed by atoms with Crippen molar-refractivity contribution in [2.75, 3.05) is 6.54 Å². The van der Waals surface area contributed by atoms with E-state index in [1.54, 1.807) is 0 Å². The smallest absolute Gasteiger partial charge is 0.0836 e. The van der Waals surface area contributed by atoms with Crippen molar-refractivity contribution >= 4 is 12.4 Å². The maximum Gasteiger partial charge on any atom is 0.0836 e. The highest BCUT2D eigenvalue weighted by molar-refractivity contribution is 5.85. The monoisotopic (exact) mass is 286 g/mol. The van der Waals surface area contributed by atoms with Crippen LogP contribution in [0.3, 0.4) is 0 Å². The molecule has 0 saturated carbocycles. The second kappa shape index (κ2) is 7.25. The fraction of sp³-hybridized carbons (Fsp3) is 0.600. The van der Waals surface area contributed by atoms with Gasteiger partial charge < -0.3 is 5.11 Å². The molecule has 0 aliphatic carbocycles. The summed E-state index contributed by atoms with van der Waals surface area (Å²) in [5.41, 5.74) is 4.12. The van der Waals surface area contributed by atoms with Gasteiger partial charge in [0.05, 0.1) is 5.60 Å². The maximum absolute atomic E-state index is 10.7. The lowest BCUT2D eigenvalue weighted by atomic mass is 9.73. The van der Waals surface area contributed by atoms with Crippen LogP contribution < -0.4 is 11.3 Å². The number of benzene rings is 1. The van der Waals surface area contributed by atoms with E-state index < -0.39 is 5.60 Å². The summed E-state index contributed by atoms with van der Waals surface area (Å²) in [5.74, 6) is 5.39. The van der Waals surface area contributed by atoms with E-state index in [0.29, 0.717) is 13.0 Å². The van der Waals surface area contributed by atoms with Gasteiger partial charge >= 0.3 is 0 Å². The molecule has 3 nitrogen and oxygen atoms in total. The Morgan fingerprint density at radius 2 is 1.68 bits per heavy atom. The van der Waals surface area contributed by atoms with E-state index in [0.717, 1.165) is 6.42 Å². The minimum atomic E-state index is -0.799. The number of hydrazine groups is 1. The lowest BCUT2D eigenvalue weighted by Crippen LogP contribution is -2.52. The predicted octanol–water partition coefficient (Wildman–Crippen LogP) is 2.59. The summed E-state index contributed by atoms with van der Waals surface area (Å²) in [6.07, 6.45) is 1.56. The van der Waals surface area contributed by atoms with E-state index in [-0.39, 0.29) is 17.8 Å². The van der Waals surface area contributed by atoms with Crippen LogP contribution in [0.4, 0.5) is 0 Å². The molecule has 0 heterocycles. The molecule has 110 valence electrons. The molecule has 0 fully saturated rings. The summed E-state index contributed by atoms with van der Waals surface area (Å²) in [7, 11) is 0. The third-order valence-corrected chi connectivity index (χ3v) is 3.74. The third-order valence-electron chi connectivity index (χ3n) is 3.74. The standard InChI is InChI=1S/C15H26N2O.ClH/c1-12-5-7-13(8-6-12)9-10-15(18,11-17-16)14(2,3)4;/h5-8,17-18H,9-11,16H2,1-4H3;1H. The highest BCUT2D eigenvalue weighted by atomic mass is 35.5. The molecule has 0 bridgehead atoms. The summed E-state index contributed by atoms with van der Waals surface area (Å²) in [6.45, 7) is 8.61. The van der Waals surface area contributed by atoms with Crippen molar-refractivity contribution in [2.24, 2.45) is 11.3 Å². The lowest BCUT2D eigenvalue weighted by molar-refractivity contribution is -0.0622. The molecule has 0 radical (unpaired) electrons. The van der Waals surface area contributed by atoms with E-state index in [9.17, 15) is 5.11 Å². The van der Waals surface area contributed by atoms with Gasteiger partial charge in [-0.1, -0.05) is 50.6 Å². The number of hydrogen-bond donors (Lipinski definition) is 3. The zero-order valence-electron chi connectivity index (χ0n) is 12.4. The van der Waals surface area contributed by atoms with Crippen molar-refractivity contribution in [3.8, 4) is 0 Å². The van der Waals surface area contributed by atoms with Gasteiger partial charge in [-0.3, -0.25) is 11.3 Å². The molecular weight excluding hydrogens is 260 g/mol. The van der Waals surface area contributed by atoms with Gasteiger partial charge in [0.15, 0.2) is 0 Å². The SMILES string of the molecule is Cc1ccc(CCC(O)(CNN)C(C)(C)C)cc1.Cl. The summed E-state index contributed by atoms with van der Waals surface area (Å²) < 4.78 is 0. The van der Waals surface area contributed by atoms with Gasteiger partial charge in [-0.05, 0) is 30.7 Å². The van der Waals surface area contributed by atoms with Gasteiger partial charge in [0.1, 0.15) is 0 Å². The Morgan fingerprint density at radius 3 is 2.11 bits per heavy atom. The zero-order valence-corrected chi connectivity index (χ0v) is 13.2. The average molecular weight is 287 g/mol. The van der Waals surface area contributed by atoms with Crippen LogP contribution in [0.2, 0.25) is 0 Å². The zero-order chi connectivity index (χ0) is 13.8. The molecule has 4 N–H and O–H groups in total. The van der Waals surface area contributed by atoms with Crippen LogP contribution in [0.25, 0.3) is 0 Å². The molecule has 19 heavy (non-hydrogen) atoms. The highest BCUT2D eigenvalue weighted by Gasteiger charge is 2.38. The molecule has 0 saturated heterocycles. The van der Waals surface area contributed by atoms with E-state index in [4.69, 9.17) is 5.84 Å². The number of nitrogens with one attached hydrogen (secondary N) is 1. The maximum atomic E-state index is 10.7. The minimum Gasteiger partial charge on any atom is -0.388 e. The molecule has 1 aromatic rings. The molecule has 1 aromatic carbocycles. The normalized spacial score (nSPS) is 14.6. The van der Waals surface area contributed by atoms with Gasteiger partial charge in [0.2, 0.25) is 0 Å². The van der Waals surface area contributed by atoms with Crippen LogP contribution in [0, 0.1) is 12.3 Å². The quantitative estimate of drug-likeness (QED) is 0.576. The summed E-state index contributed by atoms with van der Waals surface area (Å²) >= 11 is 0. The summed E-state index contributed by atoms with van der Waals surface area (Å²) in [6, 6.07) is 8.45. The fourth-order valence-electron chi connectivity index (χ4n) is 2.00. The van der Waals surface area contributed by atoms with E-state index in [1.165, 1.54) is 11.1 Å². The number of halogens is 1. The summed E-state index contributed by atoms with van der Waals surface area (Å²) in [4.78, 5) is 0. The number of aryl methyl sites for hydroxylation is 2. The Morgan fingerprint density at radius 1 is 1.16 bits per heavy atom. The number of rotatable bonds is 5. The molecule has 4 heteroatoms. The van der Waals surface area contributed by atoms with Crippen molar-refractivity contribution < 1.29 is 5.11 Å². The first-order valence-electron chi connectivity index (χ1n) is 6.50. The second-order valence-corrected chi connectivity index (χ2v) is 6.15. The van der Waals surface area contributed by atoms with Gasteiger partial charge in [0, 0.05) is 6.54 Å². The van der Waals surface area contributed by atoms with Gasteiger partial charge in [-0.25, -0.2) is 0 Å². The van der Waals surface area contributed by atoms with Crippen molar-refractivity contribution in [3.63, 3.8) is 0 Å². The Balaban J connectivity index is 0.00000324. The van der Waals surface area contributed by atoms with Crippen molar-refractivity contribution in [1.29, 1.82) is 0 Å². The highest BCUT2D eigenvalue weighted by Crippen LogP contribution is 2.33. The number of hydrogen-bond acceptors (Lipinski definition) is 3. The molecule has 1 unspecified atom stereocenters. The van der Waals surface area contributed by atoms with Crippen molar-refractivity contribution in [1.82, 2.24) is 5.43 Å². The second-order valence-electron chi connectivity index (χ2n) is 6.15. The Bertz CT molecular complexity index is 373. The molecule has 0 aliphatic rings. The van der Waals surface area contributed by atoms with E-state index in [1.807, 2.05) is 20.8 Å². The molecule has 0 amide bonds. The predicted molar refractivity (Wildman–Crippen MR) is 83.3 cm³/mol. The van der Waals surface area contributed by atoms with Crippen LogP contribution in [-0.4, -0.2) is 17.3 Å². The third kappa shape index (κ3) is 5.11. The van der Waals surface area contributed by atoms with Crippen LogP contribution in [0.1, 0.15) is 38.3 Å². The fourth-order valence-corrected chi connectivity index (χ4v) is 2.00. The molecule has 0 spiro atoms. The number of nitrogens with two attached hydrogens (primary N) is 1. The van der Waals surface area contributed by atoms with Crippen LogP contribution in [0.5, 0.6) is 0 Å². The first-order valence-corrected chi connectivity index (χ1v) is 6.50. The summed E-state index contributed by atoms with van der Waals surface area (Å²) in [5, 5.41) is 10.7. The molecule has 0 aromatic heterocycles. The largest absolute Gasteiger partial charge is 0.388 e.